The third-order valence-corrected chi connectivity index (χ3v) is 8.55. The maximum Gasteiger partial charge on any atom is 0.328 e. The number of ether oxygens (including phenoxy) is 5. The summed E-state index contributed by atoms with van der Waals surface area (Å²) in [5.41, 5.74) is 24.7. The molecule has 1 aromatic carbocycles. The molecule has 3 fully saturated rings. The number of hydrogen-bond acceptors (Lipinski definition) is 17. The van der Waals surface area contributed by atoms with E-state index in [1.165, 1.54) is 0 Å². The average molecular weight is 660 g/mol. The molecule has 2 heterocycles. The van der Waals surface area contributed by atoms with E-state index in [2.05, 4.69) is 5.32 Å². The molecule has 1 aromatic rings. The highest BCUT2D eigenvalue weighted by Gasteiger charge is 2.52. The molecule has 15 N–H and O–H groups in total. The summed E-state index contributed by atoms with van der Waals surface area (Å²) >= 11 is 0. The summed E-state index contributed by atoms with van der Waals surface area (Å²) in [5.74, 6) is -1.71. The van der Waals surface area contributed by atoms with Crippen LogP contribution in [0, 0.1) is 0 Å². The molecule has 1 aliphatic carbocycles. The van der Waals surface area contributed by atoms with Gasteiger partial charge in [-0.15, -0.1) is 0 Å². The zero-order valence-corrected chi connectivity index (χ0v) is 25.1. The predicted molar refractivity (Wildman–Crippen MR) is 155 cm³/mol. The Morgan fingerprint density at radius 3 is 2.00 bits per heavy atom. The van der Waals surface area contributed by atoms with Gasteiger partial charge in [-0.3, -0.25) is 4.79 Å². The molecule has 1 unspecified atom stereocenters. The number of carbonyl (C=O) groups excluding carboxylic acids is 2. The van der Waals surface area contributed by atoms with Crippen molar-refractivity contribution in [3.63, 3.8) is 0 Å². The normalized spacial score (nSPS) is 42.2. The Labute approximate surface area is 264 Å². The van der Waals surface area contributed by atoms with Crippen LogP contribution < -0.4 is 28.3 Å². The van der Waals surface area contributed by atoms with Crippen molar-refractivity contribution in [3.8, 4) is 0 Å². The summed E-state index contributed by atoms with van der Waals surface area (Å²) < 4.78 is 27.6. The lowest BCUT2D eigenvalue weighted by molar-refractivity contribution is -0.329. The Bertz CT molecular complexity index is 1150. The van der Waals surface area contributed by atoms with E-state index in [9.17, 15) is 40.2 Å². The summed E-state index contributed by atoms with van der Waals surface area (Å²) in [6.07, 6.45) is -18.7. The van der Waals surface area contributed by atoms with Crippen molar-refractivity contribution >= 4 is 11.9 Å². The number of carbonyl (C=O) groups is 2. The monoisotopic (exact) mass is 659 g/mol. The molecule has 0 aromatic heterocycles. The standard InChI is InChI=1S/C28H45N5O13/c1-42-26(41)13(7-10-5-3-2-4-6-10)33-25(40)24-17(35)15(32)18(36)27(46-24)44-22-11(30)8-12(31)23(21(22)39)45-28-20(38)19(37)16(34)14(9-29)43-28/h2-6,11-24,27-28,34-39H,7-9,29-32H2,1H3,(H,33,40)/t11-,12+,13?,14-,15+,16-,17+,18-,19+,20-,21-,22+,23-,24+,27+,28+/m1/s1. The topological polar surface area (TPSA) is 318 Å². The molecule has 2 saturated heterocycles. The lowest BCUT2D eigenvalue weighted by Gasteiger charge is -2.48. The van der Waals surface area contributed by atoms with Crippen molar-refractivity contribution in [3.05, 3.63) is 35.9 Å². The second kappa shape index (κ2) is 15.7. The van der Waals surface area contributed by atoms with Gasteiger partial charge in [0.05, 0.1) is 13.2 Å². The average Bonchev–Trinajstić information content (AvgIpc) is 3.04. The molecule has 16 atom stereocenters. The quantitative estimate of drug-likeness (QED) is 0.104. The van der Waals surface area contributed by atoms with E-state index >= 15 is 0 Å². The number of methoxy groups -OCH3 is 1. The molecule has 3 aliphatic rings. The van der Waals surface area contributed by atoms with Crippen molar-refractivity contribution in [2.45, 2.75) is 111 Å². The molecule has 260 valence electrons. The van der Waals surface area contributed by atoms with Gasteiger partial charge in [0, 0.05) is 25.0 Å². The van der Waals surface area contributed by atoms with Crippen LogP contribution in [0.25, 0.3) is 0 Å². The number of aliphatic hydroxyl groups excluding tert-OH is 6. The van der Waals surface area contributed by atoms with Gasteiger partial charge in [-0.1, -0.05) is 30.3 Å². The van der Waals surface area contributed by atoms with Crippen molar-refractivity contribution in [1.29, 1.82) is 0 Å². The highest BCUT2D eigenvalue weighted by atomic mass is 16.7. The highest BCUT2D eigenvalue weighted by molar-refractivity contribution is 5.87. The van der Waals surface area contributed by atoms with E-state index in [1.807, 2.05) is 0 Å². The first-order chi connectivity index (χ1) is 21.8. The highest BCUT2D eigenvalue weighted by Crippen LogP contribution is 2.31. The predicted octanol–water partition coefficient (Wildman–Crippen LogP) is -6.38. The number of amides is 1. The second-order valence-corrected chi connectivity index (χ2v) is 11.8. The fourth-order valence-corrected chi connectivity index (χ4v) is 5.83. The Morgan fingerprint density at radius 2 is 1.43 bits per heavy atom. The molecule has 18 heteroatoms. The number of benzene rings is 1. The summed E-state index contributed by atoms with van der Waals surface area (Å²) in [5, 5.41) is 66.0. The van der Waals surface area contributed by atoms with E-state index < -0.39 is 110 Å². The van der Waals surface area contributed by atoms with Gasteiger partial charge in [0.1, 0.15) is 61.0 Å². The van der Waals surface area contributed by atoms with Crippen molar-refractivity contribution in [2.24, 2.45) is 22.9 Å². The third-order valence-electron chi connectivity index (χ3n) is 8.55. The molecule has 0 bridgehead atoms. The molecule has 1 amide bonds. The Morgan fingerprint density at radius 1 is 0.848 bits per heavy atom. The minimum atomic E-state index is -1.73. The molecular weight excluding hydrogens is 614 g/mol. The molecule has 4 rings (SSSR count). The first-order valence-electron chi connectivity index (χ1n) is 14.9. The zero-order chi connectivity index (χ0) is 33.9. The summed E-state index contributed by atoms with van der Waals surface area (Å²) in [6, 6.07) is 4.25. The third kappa shape index (κ3) is 7.83. The molecule has 0 spiro atoms. The summed E-state index contributed by atoms with van der Waals surface area (Å²) in [6.45, 7) is -0.217. The number of nitrogens with two attached hydrogens (primary N) is 4. The van der Waals surface area contributed by atoms with Gasteiger partial charge >= 0.3 is 5.97 Å². The van der Waals surface area contributed by atoms with Gasteiger partial charge in [0.25, 0.3) is 5.91 Å². The van der Waals surface area contributed by atoms with E-state index in [1.54, 1.807) is 30.3 Å². The number of nitrogens with one attached hydrogen (secondary N) is 1. The van der Waals surface area contributed by atoms with Crippen molar-refractivity contribution in [1.82, 2.24) is 5.32 Å². The number of hydrogen-bond donors (Lipinski definition) is 11. The summed E-state index contributed by atoms with van der Waals surface area (Å²) in [7, 11) is 1.15. The van der Waals surface area contributed by atoms with Crippen LogP contribution >= 0.6 is 0 Å². The summed E-state index contributed by atoms with van der Waals surface area (Å²) in [4.78, 5) is 25.8. The van der Waals surface area contributed by atoms with Gasteiger partial charge in [-0.2, -0.15) is 0 Å². The van der Waals surface area contributed by atoms with Crippen LogP contribution in [0.4, 0.5) is 0 Å². The Balaban J connectivity index is 1.47. The smallest absolute Gasteiger partial charge is 0.328 e. The molecule has 46 heavy (non-hydrogen) atoms. The van der Waals surface area contributed by atoms with E-state index in [4.69, 9.17) is 46.6 Å². The van der Waals surface area contributed by atoms with Crippen LogP contribution in [0.1, 0.15) is 12.0 Å². The fraction of sp³-hybridized carbons (Fsp3) is 0.714. The van der Waals surface area contributed by atoms with E-state index in [0.717, 1.165) is 7.11 Å². The number of aliphatic hydroxyl groups is 6. The maximum atomic E-state index is 13.3. The Kier molecular flexibility index (Phi) is 12.4. The van der Waals surface area contributed by atoms with E-state index in [-0.39, 0.29) is 19.4 Å². The second-order valence-electron chi connectivity index (χ2n) is 11.8. The van der Waals surface area contributed by atoms with E-state index in [0.29, 0.717) is 5.56 Å². The van der Waals surface area contributed by atoms with Gasteiger partial charge in [-0.25, -0.2) is 4.79 Å². The minimum Gasteiger partial charge on any atom is -0.467 e. The lowest BCUT2D eigenvalue weighted by atomic mass is 9.84. The van der Waals surface area contributed by atoms with Crippen LogP contribution in [-0.2, 0) is 39.7 Å². The zero-order valence-electron chi connectivity index (χ0n) is 25.1. The van der Waals surface area contributed by atoms with Crippen LogP contribution in [0.15, 0.2) is 30.3 Å². The van der Waals surface area contributed by atoms with Crippen LogP contribution in [0.2, 0.25) is 0 Å². The number of rotatable bonds is 10. The van der Waals surface area contributed by atoms with Crippen LogP contribution in [0.5, 0.6) is 0 Å². The van der Waals surface area contributed by atoms with Crippen LogP contribution in [0.3, 0.4) is 0 Å². The van der Waals surface area contributed by atoms with Gasteiger partial charge in [0.2, 0.25) is 0 Å². The van der Waals surface area contributed by atoms with Gasteiger partial charge in [-0.05, 0) is 12.0 Å². The van der Waals surface area contributed by atoms with Gasteiger partial charge in [0.15, 0.2) is 18.7 Å². The first kappa shape index (κ1) is 36.4. The largest absolute Gasteiger partial charge is 0.467 e. The molecule has 0 radical (unpaired) electrons. The Hall–Kier alpha value is -2.40. The minimum absolute atomic E-state index is 0.0115. The van der Waals surface area contributed by atoms with Crippen molar-refractivity contribution in [2.75, 3.05) is 13.7 Å². The van der Waals surface area contributed by atoms with Crippen LogP contribution in [-0.4, -0.2) is 154 Å². The SMILES string of the molecule is COC(=O)C(Cc1ccccc1)NC(=O)[C@H]1O[C@H](O[C@@H]2[C@@H](O)[C@H](O[C@@H]3O[C@H](CN)[C@@H](O)[C@H](O)[C@H]3O)[C@@H](N)C[C@H]2N)[C@H](O)[C@@H](N)[C@@H]1O. The molecule has 1 saturated carbocycles. The maximum absolute atomic E-state index is 13.3. The van der Waals surface area contributed by atoms with Crippen molar-refractivity contribution < 1.29 is 63.9 Å². The number of esters is 1. The van der Waals surface area contributed by atoms with Gasteiger partial charge < -0.3 is 82.6 Å². The molecular formula is C28H45N5O13. The molecule has 2 aliphatic heterocycles. The molecule has 18 nitrogen and oxygen atoms in total. The first-order valence-corrected chi connectivity index (χ1v) is 14.9. The lowest BCUT2D eigenvalue weighted by Crippen LogP contribution is -2.69. The fourth-order valence-electron chi connectivity index (χ4n) is 5.83.